The highest BCUT2D eigenvalue weighted by Gasteiger charge is 2.28. The van der Waals surface area contributed by atoms with Crippen LogP contribution < -0.4 is 0 Å². The molecule has 5 aromatic rings. The van der Waals surface area contributed by atoms with E-state index in [0.29, 0.717) is 5.52 Å². The van der Waals surface area contributed by atoms with E-state index >= 15 is 0 Å². The van der Waals surface area contributed by atoms with Gasteiger partial charge < -0.3 is 4.57 Å². The molecule has 8 nitrogen and oxygen atoms in total. The summed E-state index contributed by atoms with van der Waals surface area (Å²) < 4.78 is 49.0. The second-order valence-corrected chi connectivity index (χ2v) is 8.38. The molecular weight excluding hydrogens is 397 g/mol. The number of aryl methyl sites for hydroxylation is 2. The minimum atomic E-state index is -4.21. The van der Waals surface area contributed by atoms with Crippen LogP contribution in [0.25, 0.3) is 27.8 Å². The second kappa shape index (κ2) is 5.98. The maximum Gasteiger partial charge on any atom is 0.285 e. The SMILES string of the molecule is Cc1ccc(C)n1-c1nn(S(=O)(=O)c2cccc3nonc23)c2cccc(F)c12. The Hall–Kier alpha value is -3.53. The Bertz CT molecular complexity index is 1490. The van der Waals surface area contributed by atoms with E-state index in [9.17, 15) is 12.8 Å². The first-order valence-corrected chi connectivity index (χ1v) is 10.1. The first-order chi connectivity index (χ1) is 13.9. The standard InChI is InChI=1S/C19H14FN5O3S/c1-11-9-10-12(2)24(11)19-17-13(20)5-3-7-15(17)25(21-19)29(26,27)16-8-4-6-14-18(16)23-28-22-14/h3-10H,1-2H3. The minimum absolute atomic E-state index is 0.0856. The maximum atomic E-state index is 14.8. The Morgan fingerprint density at radius 3 is 2.45 bits per heavy atom. The average molecular weight is 411 g/mol. The number of nitrogens with zero attached hydrogens (tertiary/aromatic N) is 5. The number of fused-ring (bicyclic) bond motifs is 2. The summed E-state index contributed by atoms with van der Waals surface area (Å²) in [5, 5.41) is 11.8. The molecule has 29 heavy (non-hydrogen) atoms. The van der Waals surface area contributed by atoms with Gasteiger partial charge in [0.15, 0.2) is 11.3 Å². The lowest BCUT2D eigenvalue weighted by Crippen LogP contribution is -2.15. The highest BCUT2D eigenvalue weighted by Crippen LogP contribution is 2.31. The zero-order valence-corrected chi connectivity index (χ0v) is 16.2. The van der Waals surface area contributed by atoms with Crippen molar-refractivity contribution in [1.82, 2.24) is 24.1 Å². The van der Waals surface area contributed by atoms with Crippen molar-refractivity contribution in [3.05, 3.63) is 65.7 Å². The molecule has 3 aromatic heterocycles. The van der Waals surface area contributed by atoms with Crippen LogP contribution in [0.5, 0.6) is 0 Å². The molecule has 146 valence electrons. The van der Waals surface area contributed by atoms with Crippen molar-refractivity contribution in [2.75, 3.05) is 0 Å². The first-order valence-electron chi connectivity index (χ1n) is 8.69. The van der Waals surface area contributed by atoms with E-state index in [0.717, 1.165) is 15.5 Å². The fourth-order valence-electron chi connectivity index (χ4n) is 3.51. The van der Waals surface area contributed by atoms with Crippen molar-refractivity contribution < 1.29 is 17.4 Å². The van der Waals surface area contributed by atoms with Crippen LogP contribution >= 0.6 is 0 Å². The van der Waals surface area contributed by atoms with Crippen molar-refractivity contribution in [2.45, 2.75) is 18.7 Å². The Labute approximate surface area is 164 Å². The fraction of sp³-hybridized carbons (Fsp3) is 0.105. The minimum Gasteiger partial charge on any atom is -0.301 e. The number of aromatic nitrogens is 5. The zero-order valence-electron chi connectivity index (χ0n) is 15.4. The summed E-state index contributed by atoms with van der Waals surface area (Å²) in [4.78, 5) is -0.127. The normalized spacial score (nSPS) is 12.2. The van der Waals surface area contributed by atoms with Crippen molar-refractivity contribution in [3.8, 4) is 5.82 Å². The van der Waals surface area contributed by atoms with Crippen molar-refractivity contribution in [3.63, 3.8) is 0 Å². The Kier molecular flexibility index (Phi) is 3.62. The van der Waals surface area contributed by atoms with E-state index in [1.165, 1.54) is 30.3 Å². The Balaban J connectivity index is 1.87. The van der Waals surface area contributed by atoms with Crippen LogP contribution in [-0.4, -0.2) is 32.5 Å². The van der Waals surface area contributed by atoms with E-state index in [1.54, 1.807) is 10.6 Å². The van der Waals surface area contributed by atoms with Crippen LogP contribution in [0.15, 0.2) is 58.1 Å². The summed E-state index contributed by atoms with van der Waals surface area (Å²) in [5.74, 6) is -0.361. The summed E-state index contributed by atoms with van der Waals surface area (Å²) in [6.07, 6.45) is 0. The zero-order chi connectivity index (χ0) is 20.3. The number of hydrogen-bond donors (Lipinski definition) is 0. The van der Waals surface area contributed by atoms with Gasteiger partial charge in [0, 0.05) is 11.4 Å². The van der Waals surface area contributed by atoms with E-state index < -0.39 is 15.8 Å². The summed E-state index contributed by atoms with van der Waals surface area (Å²) in [6.45, 7) is 3.68. The van der Waals surface area contributed by atoms with Crippen molar-refractivity contribution in [2.24, 2.45) is 0 Å². The first kappa shape index (κ1) is 17.6. The molecule has 3 heterocycles. The molecule has 0 aliphatic rings. The summed E-state index contributed by atoms with van der Waals surface area (Å²) in [6, 6.07) is 12.5. The quantitative estimate of drug-likeness (QED) is 0.452. The Morgan fingerprint density at radius 1 is 0.966 bits per heavy atom. The van der Waals surface area contributed by atoms with Crippen LogP contribution in [-0.2, 0) is 10.0 Å². The van der Waals surface area contributed by atoms with Gasteiger partial charge in [-0.1, -0.05) is 12.1 Å². The summed E-state index contributed by atoms with van der Waals surface area (Å²) >= 11 is 0. The van der Waals surface area contributed by atoms with Crippen LogP contribution in [0, 0.1) is 19.7 Å². The molecule has 0 atom stereocenters. The van der Waals surface area contributed by atoms with Crippen LogP contribution in [0.2, 0.25) is 0 Å². The predicted molar refractivity (Wildman–Crippen MR) is 103 cm³/mol. The molecule has 0 bridgehead atoms. The molecule has 10 heteroatoms. The molecule has 0 radical (unpaired) electrons. The van der Waals surface area contributed by atoms with Crippen LogP contribution in [0.4, 0.5) is 4.39 Å². The van der Waals surface area contributed by atoms with Gasteiger partial charge in [-0.05, 0) is 60.6 Å². The molecule has 2 aromatic carbocycles. The van der Waals surface area contributed by atoms with Crippen LogP contribution in [0.3, 0.4) is 0 Å². The van der Waals surface area contributed by atoms with Crippen LogP contribution in [0.1, 0.15) is 11.4 Å². The molecule has 0 amide bonds. The lowest BCUT2D eigenvalue weighted by atomic mass is 10.2. The van der Waals surface area contributed by atoms with Gasteiger partial charge in [-0.3, -0.25) is 0 Å². The van der Waals surface area contributed by atoms with Gasteiger partial charge in [-0.2, -0.15) is 12.5 Å². The largest absolute Gasteiger partial charge is 0.301 e. The third kappa shape index (κ3) is 2.42. The van der Waals surface area contributed by atoms with Gasteiger partial charge in [0.1, 0.15) is 16.2 Å². The fourth-order valence-corrected chi connectivity index (χ4v) is 4.93. The Morgan fingerprint density at radius 2 is 1.69 bits per heavy atom. The molecule has 0 unspecified atom stereocenters. The van der Waals surface area contributed by atoms with E-state index in [4.69, 9.17) is 0 Å². The van der Waals surface area contributed by atoms with Crippen molar-refractivity contribution >= 4 is 32.0 Å². The van der Waals surface area contributed by atoms with Gasteiger partial charge >= 0.3 is 0 Å². The van der Waals surface area contributed by atoms with Crippen molar-refractivity contribution in [1.29, 1.82) is 0 Å². The second-order valence-electron chi connectivity index (χ2n) is 6.65. The van der Waals surface area contributed by atoms with Gasteiger partial charge in [-0.25, -0.2) is 9.02 Å². The van der Waals surface area contributed by atoms with E-state index in [1.807, 2.05) is 26.0 Å². The molecule has 0 saturated carbocycles. The lowest BCUT2D eigenvalue weighted by molar-refractivity contribution is 0.315. The molecule has 0 saturated heterocycles. The molecule has 0 N–H and O–H groups in total. The molecule has 0 fully saturated rings. The van der Waals surface area contributed by atoms with E-state index in [-0.39, 0.29) is 27.1 Å². The van der Waals surface area contributed by atoms with Gasteiger partial charge in [-0.15, -0.1) is 5.10 Å². The van der Waals surface area contributed by atoms with Gasteiger partial charge in [0.2, 0.25) is 0 Å². The predicted octanol–water partition coefficient (Wildman–Crippen LogP) is 3.36. The highest BCUT2D eigenvalue weighted by molar-refractivity contribution is 7.90. The molecule has 0 spiro atoms. The summed E-state index contributed by atoms with van der Waals surface area (Å²) in [5.41, 5.74) is 2.12. The number of benzene rings is 2. The van der Waals surface area contributed by atoms with Gasteiger partial charge in [0.05, 0.1) is 10.9 Å². The van der Waals surface area contributed by atoms with Gasteiger partial charge in [0.25, 0.3) is 10.0 Å². The number of halogens is 1. The number of rotatable bonds is 3. The third-order valence-electron chi connectivity index (χ3n) is 4.84. The molecule has 5 rings (SSSR count). The number of hydrogen-bond acceptors (Lipinski definition) is 6. The molecular formula is C19H14FN5O3S. The lowest BCUT2D eigenvalue weighted by Gasteiger charge is -2.07. The summed E-state index contributed by atoms with van der Waals surface area (Å²) in [7, 11) is -4.21. The third-order valence-corrected chi connectivity index (χ3v) is 6.46. The smallest absolute Gasteiger partial charge is 0.285 e. The topological polar surface area (TPSA) is 95.8 Å². The highest BCUT2D eigenvalue weighted by atomic mass is 32.2. The maximum absolute atomic E-state index is 14.8. The molecule has 0 aliphatic heterocycles. The van der Waals surface area contributed by atoms with E-state index in [2.05, 4.69) is 20.0 Å². The average Bonchev–Trinajstić information content (AvgIpc) is 3.39. The molecule has 0 aliphatic carbocycles. The monoisotopic (exact) mass is 411 g/mol.